The zero-order valence-electron chi connectivity index (χ0n) is 14.3. The number of hydrogen-bond acceptors (Lipinski definition) is 4. The summed E-state index contributed by atoms with van der Waals surface area (Å²) in [5, 5.41) is 2.87. The molecule has 5 heteroatoms. The van der Waals surface area contributed by atoms with E-state index in [4.69, 9.17) is 4.74 Å². The van der Waals surface area contributed by atoms with Gasteiger partial charge in [0, 0.05) is 5.56 Å². The second-order valence-corrected chi connectivity index (χ2v) is 5.76. The van der Waals surface area contributed by atoms with E-state index in [2.05, 4.69) is 5.32 Å². The molecule has 2 rings (SSSR count). The Morgan fingerprint density at radius 1 is 1.08 bits per heavy atom. The molecule has 0 aliphatic rings. The van der Waals surface area contributed by atoms with Gasteiger partial charge < -0.3 is 10.1 Å². The summed E-state index contributed by atoms with van der Waals surface area (Å²) >= 11 is 0. The molecule has 1 amide bonds. The molecule has 1 N–H and O–H groups in total. The minimum atomic E-state index is -0.601. The van der Waals surface area contributed by atoms with Crippen LogP contribution in [0.3, 0.4) is 0 Å². The first-order valence-corrected chi connectivity index (χ1v) is 8.11. The molecular weight excluding hydrogens is 318 g/mol. The lowest BCUT2D eigenvalue weighted by atomic mass is 10.0. The van der Waals surface area contributed by atoms with Gasteiger partial charge in [-0.3, -0.25) is 9.59 Å². The SMILES string of the molecule is CC[C@H](NC(=O)COC(=O)c1ccc(C=O)cc1)c1ccc(C)cc1. The standard InChI is InChI=1S/C20H21NO4/c1-3-18(16-8-4-14(2)5-9-16)21-19(23)13-25-20(24)17-10-6-15(12-22)7-11-17/h4-12,18H,3,13H2,1-2H3,(H,21,23)/t18-/m0/s1. The number of hydrogen-bond donors (Lipinski definition) is 1. The summed E-state index contributed by atoms with van der Waals surface area (Å²) in [4.78, 5) is 34.6. The first-order chi connectivity index (χ1) is 12.0. The van der Waals surface area contributed by atoms with Gasteiger partial charge >= 0.3 is 5.97 Å². The summed E-state index contributed by atoms with van der Waals surface area (Å²) in [6.07, 6.45) is 1.43. The normalized spacial score (nSPS) is 11.4. The first-order valence-electron chi connectivity index (χ1n) is 8.11. The van der Waals surface area contributed by atoms with Crippen LogP contribution in [0.2, 0.25) is 0 Å². The van der Waals surface area contributed by atoms with Crippen LogP contribution in [0.25, 0.3) is 0 Å². The third-order valence-electron chi connectivity index (χ3n) is 3.84. The Morgan fingerprint density at radius 2 is 1.72 bits per heavy atom. The molecule has 0 spiro atoms. The molecule has 5 nitrogen and oxygen atoms in total. The molecule has 0 unspecified atom stereocenters. The van der Waals surface area contributed by atoms with E-state index in [1.807, 2.05) is 38.1 Å². The fraction of sp³-hybridized carbons (Fsp3) is 0.250. The lowest BCUT2D eigenvalue weighted by Gasteiger charge is -2.17. The van der Waals surface area contributed by atoms with Crippen molar-refractivity contribution in [1.82, 2.24) is 5.32 Å². The van der Waals surface area contributed by atoms with E-state index in [0.717, 1.165) is 17.5 Å². The summed E-state index contributed by atoms with van der Waals surface area (Å²) in [5.74, 6) is -0.957. The zero-order valence-corrected chi connectivity index (χ0v) is 14.3. The van der Waals surface area contributed by atoms with Crippen LogP contribution in [0.1, 0.15) is 51.2 Å². The van der Waals surface area contributed by atoms with Gasteiger partial charge in [-0.05, 0) is 31.0 Å². The van der Waals surface area contributed by atoms with Gasteiger partial charge in [-0.15, -0.1) is 0 Å². The Kier molecular flexibility index (Phi) is 6.46. The van der Waals surface area contributed by atoms with E-state index in [9.17, 15) is 14.4 Å². The van der Waals surface area contributed by atoms with E-state index < -0.39 is 5.97 Å². The molecule has 0 saturated heterocycles. The average molecular weight is 339 g/mol. The van der Waals surface area contributed by atoms with Crippen LogP contribution in [0.5, 0.6) is 0 Å². The van der Waals surface area contributed by atoms with Crippen molar-refractivity contribution in [3.63, 3.8) is 0 Å². The predicted molar refractivity (Wildman–Crippen MR) is 94.5 cm³/mol. The van der Waals surface area contributed by atoms with Gasteiger partial charge in [-0.1, -0.05) is 48.9 Å². The Morgan fingerprint density at radius 3 is 2.28 bits per heavy atom. The summed E-state index contributed by atoms with van der Waals surface area (Å²) in [7, 11) is 0. The van der Waals surface area contributed by atoms with Crippen molar-refractivity contribution in [3.05, 3.63) is 70.8 Å². The van der Waals surface area contributed by atoms with Gasteiger partial charge in [-0.2, -0.15) is 0 Å². The highest BCUT2D eigenvalue weighted by atomic mass is 16.5. The number of ether oxygens (including phenoxy) is 1. The fourth-order valence-corrected chi connectivity index (χ4v) is 2.37. The summed E-state index contributed by atoms with van der Waals surface area (Å²) in [6.45, 7) is 3.63. The van der Waals surface area contributed by atoms with Crippen molar-refractivity contribution < 1.29 is 19.1 Å². The van der Waals surface area contributed by atoms with Crippen molar-refractivity contribution in [2.24, 2.45) is 0 Å². The summed E-state index contributed by atoms with van der Waals surface area (Å²) in [5.41, 5.74) is 2.93. The van der Waals surface area contributed by atoms with Crippen LogP contribution >= 0.6 is 0 Å². The van der Waals surface area contributed by atoms with Crippen LogP contribution < -0.4 is 5.32 Å². The Balaban J connectivity index is 1.88. The quantitative estimate of drug-likeness (QED) is 0.621. The highest BCUT2D eigenvalue weighted by Crippen LogP contribution is 2.17. The van der Waals surface area contributed by atoms with Crippen molar-refractivity contribution in [2.45, 2.75) is 26.3 Å². The van der Waals surface area contributed by atoms with Crippen molar-refractivity contribution >= 4 is 18.2 Å². The number of nitrogens with one attached hydrogen (secondary N) is 1. The highest BCUT2D eigenvalue weighted by molar-refractivity contribution is 5.92. The molecule has 1 atom stereocenters. The van der Waals surface area contributed by atoms with E-state index >= 15 is 0 Å². The number of aldehydes is 1. The second kappa shape index (κ2) is 8.78. The van der Waals surface area contributed by atoms with E-state index in [-0.39, 0.29) is 18.6 Å². The van der Waals surface area contributed by atoms with Gasteiger partial charge in [0.1, 0.15) is 6.29 Å². The number of carbonyl (C=O) groups is 3. The number of amides is 1. The third-order valence-corrected chi connectivity index (χ3v) is 3.84. The number of esters is 1. The maximum absolute atomic E-state index is 12.1. The molecular formula is C20H21NO4. The topological polar surface area (TPSA) is 72.5 Å². The predicted octanol–water partition coefficient (Wildman–Crippen LogP) is 3.23. The van der Waals surface area contributed by atoms with Gasteiger partial charge in [-0.25, -0.2) is 4.79 Å². The molecule has 0 bridgehead atoms. The minimum Gasteiger partial charge on any atom is -0.452 e. The van der Waals surface area contributed by atoms with Crippen molar-refractivity contribution in [1.29, 1.82) is 0 Å². The smallest absolute Gasteiger partial charge is 0.338 e. The monoisotopic (exact) mass is 339 g/mol. The van der Waals surface area contributed by atoms with Gasteiger partial charge in [0.2, 0.25) is 0 Å². The molecule has 2 aromatic rings. The maximum Gasteiger partial charge on any atom is 0.338 e. The molecule has 2 aromatic carbocycles. The van der Waals surface area contributed by atoms with Crippen LogP contribution in [-0.4, -0.2) is 24.8 Å². The molecule has 0 fully saturated rings. The zero-order chi connectivity index (χ0) is 18.2. The molecule has 0 aliphatic carbocycles. The minimum absolute atomic E-state index is 0.126. The van der Waals surface area contributed by atoms with E-state index in [1.54, 1.807) is 0 Å². The number of aryl methyl sites for hydroxylation is 1. The van der Waals surface area contributed by atoms with Crippen molar-refractivity contribution in [2.75, 3.05) is 6.61 Å². The Labute approximate surface area is 147 Å². The molecule has 130 valence electrons. The third kappa shape index (κ3) is 5.28. The second-order valence-electron chi connectivity index (χ2n) is 5.76. The fourth-order valence-electron chi connectivity index (χ4n) is 2.37. The molecule has 25 heavy (non-hydrogen) atoms. The van der Waals surface area contributed by atoms with E-state index in [1.165, 1.54) is 24.3 Å². The van der Waals surface area contributed by atoms with Crippen LogP contribution in [-0.2, 0) is 9.53 Å². The average Bonchev–Trinajstić information content (AvgIpc) is 2.65. The van der Waals surface area contributed by atoms with Crippen molar-refractivity contribution in [3.8, 4) is 0 Å². The number of carbonyl (C=O) groups excluding carboxylic acids is 3. The molecule has 0 aromatic heterocycles. The number of benzene rings is 2. The Bertz CT molecular complexity index is 735. The molecule has 0 saturated carbocycles. The first kappa shape index (κ1) is 18.4. The number of rotatable bonds is 7. The van der Waals surface area contributed by atoms with Crippen LogP contribution in [0.4, 0.5) is 0 Å². The molecule has 0 heterocycles. The van der Waals surface area contributed by atoms with E-state index in [0.29, 0.717) is 17.4 Å². The summed E-state index contributed by atoms with van der Waals surface area (Å²) in [6, 6.07) is 13.8. The lowest BCUT2D eigenvalue weighted by Crippen LogP contribution is -2.32. The van der Waals surface area contributed by atoms with Gasteiger partial charge in [0.15, 0.2) is 6.61 Å². The van der Waals surface area contributed by atoms with Gasteiger partial charge in [0.25, 0.3) is 5.91 Å². The highest BCUT2D eigenvalue weighted by Gasteiger charge is 2.15. The maximum atomic E-state index is 12.1. The molecule has 0 radical (unpaired) electrons. The largest absolute Gasteiger partial charge is 0.452 e. The van der Waals surface area contributed by atoms with Crippen LogP contribution in [0, 0.1) is 6.92 Å². The van der Waals surface area contributed by atoms with Gasteiger partial charge in [0.05, 0.1) is 11.6 Å². The molecule has 0 aliphatic heterocycles. The lowest BCUT2D eigenvalue weighted by molar-refractivity contribution is -0.125. The Hall–Kier alpha value is -2.95. The summed E-state index contributed by atoms with van der Waals surface area (Å²) < 4.78 is 5.02. The van der Waals surface area contributed by atoms with Crippen LogP contribution in [0.15, 0.2) is 48.5 Å².